The van der Waals surface area contributed by atoms with Crippen molar-refractivity contribution >= 4 is 11.6 Å². The number of hydrogen-bond acceptors (Lipinski definition) is 1. The molecule has 0 atom stereocenters. The molecule has 2 nitrogen and oxygen atoms in total. The average molecular weight is 279 g/mol. The van der Waals surface area contributed by atoms with Gasteiger partial charge >= 0.3 is 6.18 Å². The first-order valence-corrected chi connectivity index (χ1v) is 5.42. The topological polar surface area (TPSA) is 28.7 Å². The molecule has 0 bridgehead atoms. The van der Waals surface area contributed by atoms with E-state index in [2.05, 4.69) is 4.98 Å². The number of rotatable bonds is 2. The molecule has 1 aromatic heterocycles. The van der Waals surface area contributed by atoms with Crippen molar-refractivity contribution in [1.29, 1.82) is 0 Å². The first-order chi connectivity index (χ1) is 8.41. The van der Waals surface area contributed by atoms with Crippen molar-refractivity contribution in [2.45, 2.75) is 12.1 Å². The highest BCUT2D eigenvalue weighted by molar-refractivity contribution is 6.17. The lowest BCUT2D eigenvalue weighted by Gasteiger charge is -2.03. The summed E-state index contributed by atoms with van der Waals surface area (Å²) >= 11 is 5.52. The molecule has 0 aliphatic heterocycles. The van der Waals surface area contributed by atoms with Gasteiger partial charge in [-0.2, -0.15) is 13.2 Å². The molecule has 7 heteroatoms. The Morgan fingerprint density at radius 3 is 2.50 bits per heavy atom. The highest BCUT2D eigenvalue weighted by atomic mass is 35.5. The highest BCUT2D eigenvalue weighted by Crippen LogP contribution is 2.30. The Balaban J connectivity index is 2.40. The molecule has 2 aromatic rings. The Morgan fingerprint density at radius 2 is 2.00 bits per heavy atom. The molecule has 1 heterocycles. The maximum atomic E-state index is 13.6. The molecule has 18 heavy (non-hydrogen) atoms. The second-order valence-electron chi connectivity index (χ2n) is 3.59. The molecule has 0 aliphatic rings. The Bertz CT molecular complexity index is 562. The fourth-order valence-electron chi connectivity index (χ4n) is 1.44. The van der Waals surface area contributed by atoms with Crippen LogP contribution in [-0.4, -0.2) is 9.97 Å². The van der Waals surface area contributed by atoms with Crippen molar-refractivity contribution in [3.63, 3.8) is 0 Å². The number of benzene rings is 1. The summed E-state index contributed by atoms with van der Waals surface area (Å²) in [6.07, 6.45) is -3.90. The minimum atomic E-state index is -4.53. The molecule has 2 rings (SSSR count). The Morgan fingerprint density at radius 1 is 1.28 bits per heavy atom. The van der Waals surface area contributed by atoms with Crippen molar-refractivity contribution in [1.82, 2.24) is 9.97 Å². The smallest absolute Gasteiger partial charge is 0.334 e. The van der Waals surface area contributed by atoms with Gasteiger partial charge in [0.15, 0.2) is 0 Å². The molecule has 0 amide bonds. The van der Waals surface area contributed by atoms with Gasteiger partial charge in [0.2, 0.25) is 0 Å². The number of H-pyrrole nitrogens is 1. The van der Waals surface area contributed by atoms with Gasteiger partial charge in [0, 0.05) is 5.88 Å². The van der Waals surface area contributed by atoms with Crippen LogP contribution in [-0.2, 0) is 12.1 Å². The minimum absolute atomic E-state index is 0.0284. The largest absolute Gasteiger partial charge is 0.432 e. The highest BCUT2D eigenvalue weighted by Gasteiger charge is 2.33. The van der Waals surface area contributed by atoms with Crippen LogP contribution in [0.4, 0.5) is 17.6 Å². The zero-order chi connectivity index (χ0) is 13.3. The number of hydrogen-bond donors (Lipinski definition) is 1. The van der Waals surface area contributed by atoms with Gasteiger partial charge in [0.25, 0.3) is 0 Å². The third kappa shape index (κ3) is 2.48. The van der Waals surface area contributed by atoms with Crippen molar-refractivity contribution in [2.24, 2.45) is 0 Å². The summed E-state index contributed by atoms with van der Waals surface area (Å²) in [7, 11) is 0. The van der Waals surface area contributed by atoms with Crippen LogP contribution in [0, 0.1) is 5.82 Å². The monoisotopic (exact) mass is 278 g/mol. The van der Waals surface area contributed by atoms with Gasteiger partial charge in [-0.15, -0.1) is 11.6 Å². The molecule has 0 radical (unpaired) electrons. The van der Waals surface area contributed by atoms with E-state index in [1.807, 2.05) is 4.98 Å². The molecule has 1 N–H and O–H groups in total. The molecular weight excluding hydrogens is 272 g/mol. The van der Waals surface area contributed by atoms with Gasteiger partial charge < -0.3 is 4.98 Å². The minimum Gasteiger partial charge on any atom is -0.334 e. The molecule has 1 aromatic carbocycles. The van der Waals surface area contributed by atoms with Crippen LogP contribution in [0.25, 0.3) is 11.4 Å². The molecule has 0 aliphatic carbocycles. The number of aromatic nitrogens is 2. The lowest BCUT2D eigenvalue weighted by molar-refractivity contribution is -0.140. The van der Waals surface area contributed by atoms with Crippen LogP contribution in [0.5, 0.6) is 0 Å². The fourth-order valence-corrected chi connectivity index (χ4v) is 1.60. The molecular formula is C11H7ClF4N2. The summed E-state index contributed by atoms with van der Waals surface area (Å²) in [6, 6.07) is 4.03. The van der Waals surface area contributed by atoms with Crippen LogP contribution in [0.15, 0.2) is 24.4 Å². The average Bonchev–Trinajstić information content (AvgIpc) is 2.77. The second kappa shape index (κ2) is 4.61. The summed E-state index contributed by atoms with van der Waals surface area (Å²) in [5.41, 5.74) is -0.502. The van der Waals surface area contributed by atoms with Gasteiger partial charge in [-0.25, -0.2) is 9.37 Å². The van der Waals surface area contributed by atoms with E-state index < -0.39 is 17.7 Å². The van der Waals surface area contributed by atoms with Crippen molar-refractivity contribution < 1.29 is 17.6 Å². The van der Waals surface area contributed by atoms with Crippen LogP contribution in [0.2, 0.25) is 0 Å². The van der Waals surface area contributed by atoms with Crippen LogP contribution >= 0.6 is 11.6 Å². The lowest BCUT2D eigenvalue weighted by Crippen LogP contribution is -2.04. The summed E-state index contributed by atoms with van der Waals surface area (Å²) < 4.78 is 50.7. The van der Waals surface area contributed by atoms with E-state index in [1.54, 1.807) is 0 Å². The molecule has 0 fully saturated rings. The third-order valence-corrected chi connectivity index (χ3v) is 2.63. The molecule has 96 valence electrons. The summed E-state index contributed by atoms with van der Waals surface area (Å²) in [5, 5.41) is 0. The number of alkyl halides is 4. The maximum Gasteiger partial charge on any atom is 0.432 e. The van der Waals surface area contributed by atoms with Gasteiger partial charge in [0.1, 0.15) is 17.3 Å². The Labute approximate surface area is 105 Å². The summed E-state index contributed by atoms with van der Waals surface area (Å²) in [5.74, 6) is -0.708. The number of aromatic amines is 1. The van der Waals surface area contributed by atoms with E-state index in [1.165, 1.54) is 12.1 Å². The molecule has 0 saturated carbocycles. The Hall–Kier alpha value is -1.56. The Kier molecular flexibility index (Phi) is 3.30. The molecule has 0 saturated heterocycles. The van der Waals surface area contributed by atoms with Crippen molar-refractivity contribution in [2.75, 3.05) is 0 Å². The van der Waals surface area contributed by atoms with E-state index in [-0.39, 0.29) is 17.3 Å². The first kappa shape index (κ1) is 12.9. The zero-order valence-corrected chi connectivity index (χ0v) is 9.61. The number of nitrogens with one attached hydrogen (secondary N) is 1. The van der Waals surface area contributed by atoms with E-state index in [0.29, 0.717) is 11.8 Å². The van der Waals surface area contributed by atoms with E-state index in [9.17, 15) is 17.6 Å². The maximum absolute atomic E-state index is 13.6. The van der Waals surface area contributed by atoms with E-state index >= 15 is 0 Å². The van der Waals surface area contributed by atoms with Crippen molar-refractivity contribution in [3.8, 4) is 11.4 Å². The predicted octanol–water partition coefficient (Wildman–Crippen LogP) is 3.97. The fraction of sp³-hybridized carbons (Fsp3) is 0.182. The predicted molar refractivity (Wildman–Crippen MR) is 58.5 cm³/mol. The standard InChI is InChI=1S/C11H7ClF4N2/c12-4-6-1-2-7(8(13)3-6)10-17-5-9(18-10)11(14,15)16/h1-3,5H,4H2,(H,17,18). The first-order valence-electron chi connectivity index (χ1n) is 4.89. The molecule has 0 spiro atoms. The normalized spacial score (nSPS) is 11.8. The van der Waals surface area contributed by atoms with Gasteiger partial charge in [-0.3, -0.25) is 0 Å². The summed E-state index contributed by atoms with van der Waals surface area (Å²) in [4.78, 5) is 5.56. The number of halogens is 5. The van der Waals surface area contributed by atoms with Crippen LogP contribution < -0.4 is 0 Å². The lowest BCUT2D eigenvalue weighted by atomic mass is 10.1. The number of imidazole rings is 1. The van der Waals surface area contributed by atoms with Gasteiger partial charge in [-0.05, 0) is 17.7 Å². The van der Waals surface area contributed by atoms with Crippen molar-refractivity contribution in [3.05, 3.63) is 41.5 Å². The quantitative estimate of drug-likeness (QED) is 0.653. The molecule has 0 unspecified atom stereocenters. The SMILES string of the molecule is Fc1cc(CCl)ccc1-c1ncc(C(F)(F)F)[nH]1. The second-order valence-corrected chi connectivity index (χ2v) is 3.86. The van der Waals surface area contributed by atoms with Crippen LogP contribution in [0.1, 0.15) is 11.3 Å². The van der Waals surface area contributed by atoms with E-state index in [0.717, 1.165) is 6.07 Å². The summed E-state index contributed by atoms with van der Waals surface area (Å²) in [6.45, 7) is 0. The zero-order valence-electron chi connectivity index (χ0n) is 8.85. The van der Waals surface area contributed by atoms with Crippen LogP contribution in [0.3, 0.4) is 0 Å². The van der Waals surface area contributed by atoms with E-state index in [4.69, 9.17) is 11.6 Å². The van der Waals surface area contributed by atoms with Gasteiger partial charge in [-0.1, -0.05) is 6.07 Å². The van der Waals surface area contributed by atoms with Gasteiger partial charge in [0.05, 0.1) is 11.8 Å². The number of nitrogens with zero attached hydrogens (tertiary/aromatic N) is 1. The third-order valence-electron chi connectivity index (χ3n) is 2.32.